The number of nitrogens with one attached hydrogen (secondary N) is 1. The number of aromatic nitrogens is 1. The van der Waals surface area contributed by atoms with Gasteiger partial charge in [0.2, 0.25) is 0 Å². The largest absolute Gasteiger partial charge is 0.347 e. The van der Waals surface area contributed by atoms with E-state index in [9.17, 15) is 0 Å². The van der Waals surface area contributed by atoms with Crippen LogP contribution in [0.1, 0.15) is 30.2 Å². The summed E-state index contributed by atoms with van der Waals surface area (Å²) in [6.45, 7) is 6.90. The summed E-state index contributed by atoms with van der Waals surface area (Å²) in [4.78, 5) is 0. The second kappa shape index (κ2) is 5.01. The van der Waals surface area contributed by atoms with Crippen molar-refractivity contribution in [3.05, 3.63) is 35.0 Å². The van der Waals surface area contributed by atoms with Crippen LogP contribution in [0.15, 0.2) is 18.2 Å². The second-order valence-corrected chi connectivity index (χ2v) is 5.85. The van der Waals surface area contributed by atoms with Crippen molar-refractivity contribution < 1.29 is 0 Å². The fourth-order valence-corrected chi connectivity index (χ4v) is 3.52. The molecule has 1 N–H and O–H groups in total. The molecule has 1 fully saturated rings. The highest BCUT2D eigenvalue weighted by Crippen LogP contribution is 2.30. The number of rotatable bonds is 3. The van der Waals surface area contributed by atoms with Crippen molar-refractivity contribution in [2.24, 2.45) is 13.0 Å². The molecule has 1 aromatic heterocycles. The molecule has 1 aliphatic rings. The Balaban J connectivity index is 2.10. The van der Waals surface area contributed by atoms with Crippen molar-refractivity contribution in [2.75, 3.05) is 13.1 Å². The number of hydrogen-bond acceptors (Lipinski definition) is 1. The van der Waals surface area contributed by atoms with Gasteiger partial charge in [0.1, 0.15) is 0 Å². The Hall–Kier alpha value is -1.28. The van der Waals surface area contributed by atoms with Gasteiger partial charge >= 0.3 is 0 Å². The number of nitrogens with zero attached hydrogens (tertiary/aromatic N) is 1. The van der Waals surface area contributed by atoms with Crippen LogP contribution >= 0.6 is 0 Å². The summed E-state index contributed by atoms with van der Waals surface area (Å²) >= 11 is 0. The van der Waals surface area contributed by atoms with Crippen molar-refractivity contribution in [3.8, 4) is 0 Å². The molecule has 0 bridgehead atoms. The molecule has 0 saturated carbocycles. The fraction of sp³-hybridized carbons (Fsp3) is 0.529. The predicted molar refractivity (Wildman–Crippen MR) is 81.7 cm³/mol. The molecule has 2 aromatic rings. The van der Waals surface area contributed by atoms with Crippen LogP contribution in [0.5, 0.6) is 0 Å². The summed E-state index contributed by atoms with van der Waals surface area (Å²) in [6, 6.07) is 6.79. The third kappa shape index (κ3) is 2.08. The lowest BCUT2D eigenvalue weighted by molar-refractivity contribution is 0.579. The second-order valence-electron chi connectivity index (χ2n) is 5.85. The maximum atomic E-state index is 3.48. The van der Waals surface area contributed by atoms with Crippen molar-refractivity contribution in [1.29, 1.82) is 0 Å². The average Bonchev–Trinajstić information content (AvgIpc) is 3.02. The Morgan fingerprint density at radius 2 is 2.21 bits per heavy atom. The van der Waals surface area contributed by atoms with Gasteiger partial charge in [0.25, 0.3) is 0 Å². The van der Waals surface area contributed by atoms with Gasteiger partial charge in [-0.15, -0.1) is 0 Å². The molecule has 2 heteroatoms. The first-order valence-electron chi connectivity index (χ1n) is 7.48. The fourth-order valence-electron chi connectivity index (χ4n) is 3.52. The molecular formula is C17H24N2. The maximum Gasteiger partial charge on any atom is 0.0515 e. The molecule has 0 spiro atoms. The van der Waals surface area contributed by atoms with Gasteiger partial charge in [0.15, 0.2) is 0 Å². The Labute approximate surface area is 115 Å². The minimum atomic E-state index is 0.814. The van der Waals surface area contributed by atoms with E-state index in [1.807, 2.05) is 0 Å². The van der Waals surface area contributed by atoms with E-state index in [1.165, 1.54) is 48.1 Å². The van der Waals surface area contributed by atoms with E-state index in [4.69, 9.17) is 0 Å². The van der Waals surface area contributed by atoms with Crippen molar-refractivity contribution in [3.63, 3.8) is 0 Å². The van der Waals surface area contributed by atoms with Crippen molar-refractivity contribution >= 4 is 10.9 Å². The van der Waals surface area contributed by atoms with Crippen LogP contribution in [0, 0.1) is 12.8 Å². The van der Waals surface area contributed by atoms with E-state index in [2.05, 4.69) is 49.0 Å². The molecule has 0 amide bonds. The predicted octanol–water partition coefficient (Wildman–Crippen LogP) is 3.20. The molecular weight excluding hydrogens is 232 g/mol. The number of benzene rings is 1. The zero-order valence-electron chi connectivity index (χ0n) is 12.3. The standard InChI is InChI=1S/C17H24N2/c1-4-14-6-5-7-15-16(10-13-8-9-18-11-13)12(2)19(3)17(14)15/h5-7,13,18H,4,8-11H2,1-3H3. The van der Waals surface area contributed by atoms with Crippen LogP contribution < -0.4 is 5.32 Å². The summed E-state index contributed by atoms with van der Waals surface area (Å²) in [5, 5.41) is 4.96. The van der Waals surface area contributed by atoms with Crippen LogP contribution in [0.3, 0.4) is 0 Å². The number of para-hydroxylation sites is 1. The van der Waals surface area contributed by atoms with Crippen LogP contribution in [0.4, 0.5) is 0 Å². The van der Waals surface area contributed by atoms with E-state index >= 15 is 0 Å². The van der Waals surface area contributed by atoms with Crippen LogP contribution in [-0.4, -0.2) is 17.7 Å². The van der Waals surface area contributed by atoms with Gasteiger partial charge in [-0.1, -0.05) is 25.1 Å². The first kappa shape index (κ1) is 12.7. The highest BCUT2D eigenvalue weighted by Gasteiger charge is 2.20. The molecule has 1 aromatic carbocycles. The van der Waals surface area contributed by atoms with Gasteiger partial charge in [-0.3, -0.25) is 0 Å². The average molecular weight is 256 g/mol. The zero-order chi connectivity index (χ0) is 13.4. The highest BCUT2D eigenvalue weighted by molar-refractivity contribution is 5.88. The Morgan fingerprint density at radius 3 is 2.89 bits per heavy atom. The van der Waals surface area contributed by atoms with Crippen molar-refractivity contribution in [1.82, 2.24) is 9.88 Å². The SMILES string of the molecule is CCc1cccc2c(CC3CCNC3)c(C)n(C)c12. The molecule has 102 valence electrons. The van der Waals surface area contributed by atoms with Gasteiger partial charge < -0.3 is 9.88 Å². The number of aryl methyl sites for hydroxylation is 2. The molecule has 3 rings (SSSR count). The van der Waals surface area contributed by atoms with E-state index in [0.29, 0.717) is 0 Å². The molecule has 2 heterocycles. The molecule has 1 aliphatic heterocycles. The highest BCUT2D eigenvalue weighted by atomic mass is 14.9. The van der Waals surface area contributed by atoms with Gasteiger partial charge in [0, 0.05) is 18.1 Å². The lowest BCUT2D eigenvalue weighted by Gasteiger charge is -2.08. The normalized spacial score (nSPS) is 19.4. The van der Waals surface area contributed by atoms with Crippen LogP contribution in [0.25, 0.3) is 10.9 Å². The Bertz CT molecular complexity index is 589. The van der Waals surface area contributed by atoms with Gasteiger partial charge in [-0.25, -0.2) is 0 Å². The molecule has 2 nitrogen and oxygen atoms in total. The summed E-state index contributed by atoms with van der Waals surface area (Å²) in [5.74, 6) is 0.814. The minimum Gasteiger partial charge on any atom is -0.347 e. The van der Waals surface area contributed by atoms with E-state index < -0.39 is 0 Å². The topological polar surface area (TPSA) is 17.0 Å². The number of fused-ring (bicyclic) bond motifs is 1. The minimum absolute atomic E-state index is 0.814. The monoisotopic (exact) mass is 256 g/mol. The van der Waals surface area contributed by atoms with Crippen LogP contribution in [0.2, 0.25) is 0 Å². The summed E-state index contributed by atoms with van der Waals surface area (Å²) < 4.78 is 2.39. The van der Waals surface area contributed by atoms with Gasteiger partial charge in [-0.05, 0) is 56.3 Å². The molecule has 0 radical (unpaired) electrons. The lowest BCUT2D eigenvalue weighted by Crippen LogP contribution is -2.11. The molecule has 0 aliphatic carbocycles. The molecule has 1 unspecified atom stereocenters. The summed E-state index contributed by atoms with van der Waals surface area (Å²) in [5.41, 5.74) is 5.94. The summed E-state index contributed by atoms with van der Waals surface area (Å²) in [7, 11) is 2.22. The zero-order valence-corrected chi connectivity index (χ0v) is 12.3. The van der Waals surface area contributed by atoms with E-state index in [0.717, 1.165) is 12.3 Å². The molecule has 19 heavy (non-hydrogen) atoms. The Kier molecular flexibility index (Phi) is 3.36. The van der Waals surface area contributed by atoms with E-state index in [1.54, 1.807) is 5.56 Å². The third-order valence-corrected chi connectivity index (χ3v) is 4.76. The maximum absolute atomic E-state index is 3.48. The quantitative estimate of drug-likeness (QED) is 0.892. The first-order valence-corrected chi connectivity index (χ1v) is 7.48. The Morgan fingerprint density at radius 1 is 1.37 bits per heavy atom. The van der Waals surface area contributed by atoms with Crippen molar-refractivity contribution in [2.45, 2.75) is 33.1 Å². The van der Waals surface area contributed by atoms with Gasteiger partial charge in [0.05, 0.1) is 5.52 Å². The molecule has 1 atom stereocenters. The van der Waals surface area contributed by atoms with Gasteiger partial charge in [-0.2, -0.15) is 0 Å². The van der Waals surface area contributed by atoms with E-state index in [-0.39, 0.29) is 0 Å². The van der Waals surface area contributed by atoms with Crippen LogP contribution in [-0.2, 0) is 19.9 Å². The number of hydrogen-bond donors (Lipinski definition) is 1. The summed E-state index contributed by atoms with van der Waals surface area (Å²) in [6.07, 6.45) is 3.66. The molecule has 1 saturated heterocycles. The first-order chi connectivity index (χ1) is 9.22. The lowest BCUT2D eigenvalue weighted by atomic mass is 9.96. The smallest absolute Gasteiger partial charge is 0.0515 e. The third-order valence-electron chi connectivity index (χ3n) is 4.76.